The molecule has 30 heavy (non-hydrogen) atoms. The zero-order chi connectivity index (χ0) is 21.3. The number of ether oxygens (including phenoxy) is 1. The number of guanidine groups is 1. The Bertz CT molecular complexity index is 843. The molecule has 0 atom stereocenters. The van der Waals surface area contributed by atoms with Gasteiger partial charge in [-0.2, -0.15) is 5.10 Å². The molecule has 0 unspecified atom stereocenters. The molecule has 1 aliphatic heterocycles. The number of nitrogens with zero attached hydrogens (tertiary/aromatic N) is 4. The average molecular weight is 433 g/mol. The second-order valence-electron chi connectivity index (χ2n) is 7.07. The highest BCUT2D eigenvalue weighted by molar-refractivity contribution is 6.30. The Morgan fingerprint density at radius 2 is 2.00 bits per heavy atom. The number of benzene rings is 1. The van der Waals surface area contributed by atoms with E-state index in [9.17, 15) is 4.79 Å². The minimum absolute atomic E-state index is 0.228. The van der Waals surface area contributed by atoms with E-state index in [1.807, 2.05) is 55.2 Å². The Morgan fingerprint density at radius 3 is 2.67 bits per heavy atom. The number of likely N-dealkylation sites (tertiary alicyclic amines) is 1. The summed E-state index contributed by atoms with van der Waals surface area (Å²) in [4.78, 5) is 18.3. The molecule has 1 saturated heterocycles. The van der Waals surface area contributed by atoms with Crippen molar-refractivity contribution in [2.45, 2.75) is 39.3 Å². The number of aliphatic imine (C=N–C) groups is 1. The van der Waals surface area contributed by atoms with Gasteiger partial charge in [0.25, 0.3) is 0 Å². The highest BCUT2D eigenvalue weighted by atomic mass is 35.5. The van der Waals surface area contributed by atoms with E-state index in [0.29, 0.717) is 31.3 Å². The van der Waals surface area contributed by atoms with E-state index in [0.717, 1.165) is 36.6 Å². The third kappa shape index (κ3) is 6.13. The molecule has 2 N–H and O–H groups in total. The lowest BCUT2D eigenvalue weighted by Gasteiger charge is -2.32. The lowest BCUT2D eigenvalue weighted by atomic mass is 10.1. The van der Waals surface area contributed by atoms with Crippen molar-refractivity contribution in [3.05, 3.63) is 47.2 Å². The van der Waals surface area contributed by atoms with Crippen LogP contribution in [0.4, 0.5) is 4.79 Å². The fourth-order valence-corrected chi connectivity index (χ4v) is 3.41. The van der Waals surface area contributed by atoms with E-state index >= 15 is 0 Å². The molecule has 0 bridgehead atoms. The molecular formula is C21H29ClN6O2. The molecular weight excluding hydrogens is 404 g/mol. The first-order valence-electron chi connectivity index (χ1n) is 10.3. The standard InChI is InChI=1S/C21H29ClN6O2/c1-3-23-20(26-18-9-11-27(12-10-18)21(29)30-4-2)24-13-16-14-25-28(15-16)19-7-5-17(22)6-8-19/h5-8,14-15,18H,3-4,9-13H2,1-2H3,(H2,23,24,26). The van der Waals surface area contributed by atoms with Crippen molar-refractivity contribution >= 4 is 23.7 Å². The minimum Gasteiger partial charge on any atom is -0.450 e. The summed E-state index contributed by atoms with van der Waals surface area (Å²) >= 11 is 5.95. The van der Waals surface area contributed by atoms with Crippen molar-refractivity contribution in [3.8, 4) is 5.69 Å². The van der Waals surface area contributed by atoms with E-state index in [2.05, 4.69) is 15.7 Å². The number of rotatable bonds is 6. The van der Waals surface area contributed by atoms with Gasteiger partial charge in [-0.25, -0.2) is 14.5 Å². The second kappa shape index (κ2) is 10.9. The van der Waals surface area contributed by atoms with Crippen molar-refractivity contribution < 1.29 is 9.53 Å². The Morgan fingerprint density at radius 1 is 1.27 bits per heavy atom. The third-order valence-corrected chi connectivity index (χ3v) is 5.10. The first-order valence-corrected chi connectivity index (χ1v) is 10.7. The predicted molar refractivity (Wildman–Crippen MR) is 118 cm³/mol. The SMILES string of the molecule is CCNC(=NCc1cnn(-c2ccc(Cl)cc2)c1)NC1CCN(C(=O)OCC)CC1. The minimum atomic E-state index is -0.228. The molecule has 8 nitrogen and oxygen atoms in total. The Labute approximate surface area is 182 Å². The number of hydrogen-bond acceptors (Lipinski definition) is 4. The predicted octanol–water partition coefficient (Wildman–Crippen LogP) is 3.20. The summed E-state index contributed by atoms with van der Waals surface area (Å²) in [5.41, 5.74) is 1.97. The van der Waals surface area contributed by atoms with Crippen molar-refractivity contribution in [3.63, 3.8) is 0 Å². The number of nitrogens with one attached hydrogen (secondary N) is 2. The van der Waals surface area contributed by atoms with Crippen molar-refractivity contribution in [2.24, 2.45) is 4.99 Å². The van der Waals surface area contributed by atoms with Crippen LogP contribution in [0.15, 0.2) is 41.7 Å². The molecule has 3 rings (SSSR count). The maximum absolute atomic E-state index is 11.8. The van der Waals surface area contributed by atoms with Crippen LogP contribution < -0.4 is 10.6 Å². The zero-order valence-electron chi connectivity index (χ0n) is 17.5. The molecule has 1 aromatic heterocycles. The summed E-state index contributed by atoms with van der Waals surface area (Å²) in [6, 6.07) is 7.81. The number of hydrogen-bond donors (Lipinski definition) is 2. The Balaban J connectivity index is 1.55. The number of carbonyl (C=O) groups excluding carboxylic acids is 1. The maximum atomic E-state index is 11.8. The van der Waals surface area contributed by atoms with E-state index in [-0.39, 0.29) is 12.1 Å². The van der Waals surface area contributed by atoms with Crippen LogP contribution in [0.1, 0.15) is 32.3 Å². The first-order chi connectivity index (χ1) is 14.6. The highest BCUT2D eigenvalue weighted by Gasteiger charge is 2.24. The van der Waals surface area contributed by atoms with Crippen LogP contribution in [0.5, 0.6) is 0 Å². The smallest absolute Gasteiger partial charge is 0.409 e. The molecule has 2 aromatic rings. The van der Waals surface area contributed by atoms with Gasteiger partial charge in [-0.15, -0.1) is 0 Å². The van der Waals surface area contributed by atoms with Crippen LogP contribution in [0.2, 0.25) is 5.02 Å². The van der Waals surface area contributed by atoms with Crippen molar-refractivity contribution in [1.82, 2.24) is 25.3 Å². The molecule has 1 amide bonds. The summed E-state index contributed by atoms with van der Waals surface area (Å²) in [7, 11) is 0. The molecule has 1 aromatic carbocycles. The normalized spacial score (nSPS) is 15.2. The summed E-state index contributed by atoms with van der Waals surface area (Å²) < 4.78 is 6.89. The van der Waals surface area contributed by atoms with Crippen LogP contribution in [-0.2, 0) is 11.3 Å². The van der Waals surface area contributed by atoms with Gasteiger partial charge in [-0.05, 0) is 51.0 Å². The van der Waals surface area contributed by atoms with Gasteiger partial charge in [0, 0.05) is 42.5 Å². The molecule has 0 saturated carbocycles. The summed E-state index contributed by atoms with van der Waals surface area (Å²) in [5.74, 6) is 0.770. The zero-order valence-corrected chi connectivity index (χ0v) is 18.2. The lowest BCUT2D eigenvalue weighted by molar-refractivity contribution is 0.0963. The molecule has 9 heteroatoms. The first kappa shape index (κ1) is 22.0. The number of piperidine rings is 1. The van der Waals surface area contributed by atoms with Crippen LogP contribution in [-0.4, -0.2) is 59.0 Å². The molecule has 1 aliphatic rings. The van der Waals surface area contributed by atoms with Crippen LogP contribution in [0.25, 0.3) is 5.69 Å². The van der Waals surface area contributed by atoms with Gasteiger partial charge >= 0.3 is 6.09 Å². The fraction of sp³-hybridized carbons (Fsp3) is 0.476. The molecule has 0 spiro atoms. The highest BCUT2D eigenvalue weighted by Crippen LogP contribution is 2.14. The lowest BCUT2D eigenvalue weighted by Crippen LogP contribution is -2.49. The van der Waals surface area contributed by atoms with Gasteiger partial charge in [-0.3, -0.25) is 0 Å². The average Bonchev–Trinajstić information content (AvgIpc) is 3.22. The second-order valence-corrected chi connectivity index (χ2v) is 7.51. The quantitative estimate of drug-likeness (QED) is 0.541. The van der Waals surface area contributed by atoms with E-state index in [4.69, 9.17) is 21.3 Å². The van der Waals surface area contributed by atoms with Gasteiger partial charge < -0.3 is 20.3 Å². The molecule has 1 fully saturated rings. The topological polar surface area (TPSA) is 83.8 Å². The van der Waals surface area contributed by atoms with E-state index in [1.54, 1.807) is 4.90 Å². The van der Waals surface area contributed by atoms with Crippen molar-refractivity contribution in [2.75, 3.05) is 26.2 Å². The largest absolute Gasteiger partial charge is 0.450 e. The summed E-state index contributed by atoms with van der Waals surface area (Å²) in [6.07, 6.45) is 5.28. The van der Waals surface area contributed by atoms with Crippen LogP contribution in [0, 0.1) is 0 Å². The Kier molecular flexibility index (Phi) is 7.96. The van der Waals surface area contributed by atoms with E-state index in [1.165, 1.54) is 0 Å². The van der Waals surface area contributed by atoms with Crippen LogP contribution in [0.3, 0.4) is 0 Å². The number of halogens is 1. The maximum Gasteiger partial charge on any atom is 0.409 e. The Hall–Kier alpha value is -2.74. The van der Waals surface area contributed by atoms with Gasteiger partial charge in [0.2, 0.25) is 0 Å². The van der Waals surface area contributed by atoms with Gasteiger partial charge in [0.05, 0.1) is 25.0 Å². The summed E-state index contributed by atoms with van der Waals surface area (Å²) in [6.45, 7) is 6.93. The number of carbonyl (C=O) groups is 1. The monoisotopic (exact) mass is 432 g/mol. The third-order valence-electron chi connectivity index (χ3n) is 4.85. The number of amides is 1. The summed E-state index contributed by atoms with van der Waals surface area (Å²) in [5, 5.41) is 11.9. The van der Waals surface area contributed by atoms with Crippen LogP contribution >= 0.6 is 11.6 Å². The van der Waals surface area contributed by atoms with Crippen molar-refractivity contribution in [1.29, 1.82) is 0 Å². The van der Waals surface area contributed by atoms with Gasteiger partial charge in [-0.1, -0.05) is 11.6 Å². The number of aromatic nitrogens is 2. The molecule has 0 aliphatic carbocycles. The molecule has 0 radical (unpaired) electrons. The van der Waals surface area contributed by atoms with E-state index < -0.39 is 0 Å². The molecule has 162 valence electrons. The fourth-order valence-electron chi connectivity index (χ4n) is 3.28. The van der Waals surface area contributed by atoms with Gasteiger partial charge in [0.1, 0.15) is 0 Å². The molecule has 2 heterocycles. The van der Waals surface area contributed by atoms with Gasteiger partial charge in [0.15, 0.2) is 5.96 Å².